The Morgan fingerprint density at radius 3 is 3.06 bits per heavy atom. The third-order valence-electron chi connectivity index (χ3n) is 5.20. The zero-order chi connectivity index (χ0) is 11.9. The molecule has 3 fully saturated rings. The van der Waals surface area contributed by atoms with Gasteiger partial charge in [-0.3, -0.25) is 4.90 Å². The lowest BCUT2D eigenvalue weighted by molar-refractivity contribution is -0.0483. The van der Waals surface area contributed by atoms with Crippen molar-refractivity contribution >= 4 is 0 Å². The molecule has 98 valence electrons. The Hall–Kier alpha value is -0.120. The van der Waals surface area contributed by atoms with Gasteiger partial charge in [0.15, 0.2) is 0 Å². The van der Waals surface area contributed by atoms with Crippen molar-refractivity contribution in [3.05, 3.63) is 0 Å². The molecule has 2 saturated heterocycles. The maximum absolute atomic E-state index is 5.97. The molecule has 3 atom stereocenters. The molecule has 0 aromatic rings. The smallest absolute Gasteiger partial charge is 0.0827 e. The Kier molecular flexibility index (Phi) is 3.18. The lowest BCUT2D eigenvalue weighted by atomic mass is 10.0. The number of fused-ring (bicyclic) bond motifs is 1. The molecule has 0 aromatic heterocycles. The van der Waals surface area contributed by atoms with Crippen LogP contribution in [0.5, 0.6) is 0 Å². The average molecular weight is 238 g/mol. The van der Waals surface area contributed by atoms with Crippen LogP contribution in [0.25, 0.3) is 0 Å². The van der Waals surface area contributed by atoms with Gasteiger partial charge in [0, 0.05) is 25.2 Å². The van der Waals surface area contributed by atoms with E-state index in [1.54, 1.807) is 0 Å². The Morgan fingerprint density at radius 2 is 2.29 bits per heavy atom. The normalized spacial score (nSPS) is 37.8. The Balaban J connectivity index is 1.43. The van der Waals surface area contributed by atoms with E-state index < -0.39 is 0 Å². The minimum atomic E-state index is 0.411. The van der Waals surface area contributed by atoms with Crippen LogP contribution in [0.4, 0.5) is 0 Å². The zero-order valence-corrected chi connectivity index (χ0v) is 11.2. The largest absolute Gasteiger partial charge is 0.374 e. The second-order valence-corrected chi connectivity index (χ2v) is 6.53. The van der Waals surface area contributed by atoms with Crippen molar-refractivity contribution in [3.8, 4) is 0 Å². The predicted octanol–water partition coefficient (Wildman–Crippen LogP) is 1.63. The highest BCUT2D eigenvalue weighted by molar-refractivity contribution is 4.97. The van der Waals surface area contributed by atoms with Gasteiger partial charge >= 0.3 is 0 Å². The molecular weight excluding hydrogens is 212 g/mol. The summed E-state index contributed by atoms with van der Waals surface area (Å²) in [7, 11) is 0. The fraction of sp³-hybridized carbons (Fsp3) is 1.00. The monoisotopic (exact) mass is 238 g/mol. The summed E-state index contributed by atoms with van der Waals surface area (Å²) in [6, 6.07) is 1.37. The minimum absolute atomic E-state index is 0.411. The van der Waals surface area contributed by atoms with Crippen LogP contribution in [0.1, 0.15) is 39.5 Å². The Morgan fingerprint density at radius 1 is 1.47 bits per heavy atom. The summed E-state index contributed by atoms with van der Waals surface area (Å²) in [5.41, 5.74) is 0.574. The summed E-state index contributed by atoms with van der Waals surface area (Å²) >= 11 is 0. The van der Waals surface area contributed by atoms with Gasteiger partial charge in [-0.05, 0) is 44.6 Å². The van der Waals surface area contributed by atoms with Crippen LogP contribution < -0.4 is 5.32 Å². The van der Waals surface area contributed by atoms with Crippen molar-refractivity contribution in [2.75, 3.05) is 26.2 Å². The highest BCUT2D eigenvalue weighted by atomic mass is 16.5. The fourth-order valence-corrected chi connectivity index (χ4v) is 3.19. The zero-order valence-electron chi connectivity index (χ0n) is 11.2. The first-order valence-corrected chi connectivity index (χ1v) is 7.26. The molecule has 2 aliphatic heterocycles. The molecule has 1 saturated carbocycles. The molecule has 3 nitrogen and oxygen atoms in total. The van der Waals surface area contributed by atoms with Crippen LogP contribution in [-0.4, -0.2) is 49.3 Å². The van der Waals surface area contributed by atoms with Crippen molar-refractivity contribution < 1.29 is 4.74 Å². The van der Waals surface area contributed by atoms with E-state index in [0.717, 1.165) is 25.7 Å². The molecule has 3 heteroatoms. The van der Waals surface area contributed by atoms with Gasteiger partial charge in [-0.15, -0.1) is 0 Å². The maximum atomic E-state index is 5.97. The van der Waals surface area contributed by atoms with Crippen LogP contribution >= 0.6 is 0 Å². The SMILES string of the molecule is CC(NCC1CN2CCCC2CO1)C1(C)CC1. The van der Waals surface area contributed by atoms with Gasteiger partial charge in [0.2, 0.25) is 0 Å². The standard InChI is InChI=1S/C14H26N2O/c1-11(14(2)5-6-14)15-8-13-9-16-7-3-4-12(16)10-17-13/h11-13,15H,3-10H2,1-2H3. The second-order valence-electron chi connectivity index (χ2n) is 6.53. The van der Waals surface area contributed by atoms with Crippen LogP contribution in [-0.2, 0) is 4.74 Å². The first kappa shape index (κ1) is 11.9. The van der Waals surface area contributed by atoms with Gasteiger partial charge in [-0.1, -0.05) is 6.92 Å². The Labute approximate surface area is 105 Å². The molecule has 0 aromatic carbocycles. The molecule has 17 heavy (non-hydrogen) atoms. The topological polar surface area (TPSA) is 24.5 Å². The van der Waals surface area contributed by atoms with Crippen molar-refractivity contribution in [2.45, 2.75) is 57.7 Å². The van der Waals surface area contributed by atoms with Crippen LogP contribution in [0, 0.1) is 5.41 Å². The molecule has 0 bridgehead atoms. The Bertz CT molecular complexity index is 277. The van der Waals surface area contributed by atoms with Crippen molar-refractivity contribution in [2.24, 2.45) is 5.41 Å². The van der Waals surface area contributed by atoms with E-state index in [2.05, 4.69) is 24.1 Å². The fourth-order valence-electron chi connectivity index (χ4n) is 3.19. The summed E-state index contributed by atoms with van der Waals surface area (Å²) in [6.07, 6.45) is 5.90. The predicted molar refractivity (Wildman–Crippen MR) is 69.1 cm³/mol. The van der Waals surface area contributed by atoms with E-state index >= 15 is 0 Å². The lowest BCUT2D eigenvalue weighted by Crippen LogP contribution is -2.51. The summed E-state index contributed by atoms with van der Waals surface area (Å²) in [6.45, 7) is 9.13. The van der Waals surface area contributed by atoms with E-state index in [9.17, 15) is 0 Å². The lowest BCUT2D eigenvalue weighted by Gasteiger charge is -2.36. The summed E-state index contributed by atoms with van der Waals surface area (Å²) < 4.78 is 5.97. The van der Waals surface area contributed by atoms with E-state index in [1.807, 2.05) is 0 Å². The quantitative estimate of drug-likeness (QED) is 0.805. The van der Waals surface area contributed by atoms with Gasteiger partial charge < -0.3 is 10.1 Å². The maximum Gasteiger partial charge on any atom is 0.0827 e. The highest BCUT2D eigenvalue weighted by Crippen LogP contribution is 2.47. The molecule has 3 aliphatic rings. The molecule has 2 heterocycles. The molecule has 1 aliphatic carbocycles. The van der Waals surface area contributed by atoms with Crippen LogP contribution in [0.3, 0.4) is 0 Å². The number of nitrogens with zero attached hydrogens (tertiary/aromatic N) is 1. The third kappa shape index (κ3) is 2.51. The van der Waals surface area contributed by atoms with E-state index in [4.69, 9.17) is 4.74 Å². The van der Waals surface area contributed by atoms with E-state index in [-0.39, 0.29) is 0 Å². The van der Waals surface area contributed by atoms with E-state index in [0.29, 0.717) is 17.6 Å². The van der Waals surface area contributed by atoms with Gasteiger partial charge in [-0.25, -0.2) is 0 Å². The highest BCUT2D eigenvalue weighted by Gasteiger charge is 2.42. The molecule has 3 unspecified atom stereocenters. The van der Waals surface area contributed by atoms with Crippen molar-refractivity contribution in [1.29, 1.82) is 0 Å². The summed E-state index contributed by atoms with van der Waals surface area (Å²) in [5.74, 6) is 0. The minimum Gasteiger partial charge on any atom is -0.374 e. The molecular formula is C14H26N2O. The number of hydrogen-bond donors (Lipinski definition) is 1. The molecule has 0 spiro atoms. The average Bonchev–Trinajstić information content (AvgIpc) is 2.93. The first-order valence-electron chi connectivity index (χ1n) is 7.26. The van der Waals surface area contributed by atoms with Gasteiger partial charge in [0.25, 0.3) is 0 Å². The molecule has 1 N–H and O–H groups in total. The van der Waals surface area contributed by atoms with Crippen molar-refractivity contribution in [3.63, 3.8) is 0 Å². The summed E-state index contributed by atoms with van der Waals surface area (Å²) in [4.78, 5) is 2.62. The number of nitrogens with one attached hydrogen (secondary N) is 1. The van der Waals surface area contributed by atoms with Crippen LogP contribution in [0.2, 0.25) is 0 Å². The van der Waals surface area contributed by atoms with Crippen LogP contribution in [0.15, 0.2) is 0 Å². The number of ether oxygens (including phenoxy) is 1. The van der Waals surface area contributed by atoms with Crippen molar-refractivity contribution in [1.82, 2.24) is 10.2 Å². The van der Waals surface area contributed by atoms with Gasteiger partial charge in [0.1, 0.15) is 0 Å². The van der Waals surface area contributed by atoms with E-state index in [1.165, 1.54) is 32.2 Å². The molecule has 0 amide bonds. The second kappa shape index (κ2) is 4.52. The number of hydrogen-bond acceptors (Lipinski definition) is 3. The molecule has 3 rings (SSSR count). The summed E-state index contributed by atoms with van der Waals surface area (Å²) in [5, 5.41) is 3.68. The van der Waals surface area contributed by atoms with Gasteiger partial charge in [0.05, 0.1) is 12.7 Å². The molecule has 0 radical (unpaired) electrons. The first-order chi connectivity index (χ1) is 8.17. The number of rotatable bonds is 4. The third-order valence-corrected chi connectivity index (χ3v) is 5.20. The number of morpholine rings is 1. The van der Waals surface area contributed by atoms with Gasteiger partial charge in [-0.2, -0.15) is 0 Å².